The highest BCUT2D eigenvalue weighted by Crippen LogP contribution is 2.12. The predicted molar refractivity (Wildman–Crippen MR) is 80.4 cm³/mol. The molecule has 0 aliphatic carbocycles. The fourth-order valence-electron chi connectivity index (χ4n) is 1.22. The standard InChI is InChI=1S/C16H18O3S/c1-16(2,3)12-11-15-9-6-5-8-14(15)10-7-13-19-20(4,17)18/h5-6,8-9H,13H2,1-4H3. The van der Waals surface area contributed by atoms with Crippen LogP contribution in [0.1, 0.15) is 31.9 Å². The van der Waals surface area contributed by atoms with Gasteiger partial charge in [0.1, 0.15) is 6.61 Å². The molecule has 0 unspecified atom stereocenters. The van der Waals surface area contributed by atoms with E-state index < -0.39 is 10.1 Å². The van der Waals surface area contributed by atoms with Crippen molar-refractivity contribution in [1.82, 2.24) is 0 Å². The van der Waals surface area contributed by atoms with Gasteiger partial charge < -0.3 is 0 Å². The molecule has 0 spiro atoms. The van der Waals surface area contributed by atoms with Crippen LogP contribution in [0.4, 0.5) is 0 Å². The summed E-state index contributed by atoms with van der Waals surface area (Å²) in [5.74, 6) is 11.8. The quantitative estimate of drug-likeness (QED) is 0.620. The molecule has 4 heteroatoms. The van der Waals surface area contributed by atoms with Crippen molar-refractivity contribution in [2.45, 2.75) is 20.8 Å². The largest absolute Gasteiger partial charge is 0.265 e. The molecule has 0 saturated carbocycles. The van der Waals surface area contributed by atoms with Crippen molar-refractivity contribution >= 4 is 10.1 Å². The number of benzene rings is 1. The molecule has 0 bridgehead atoms. The van der Waals surface area contributed by atoms with Gasteiger partial charge in [-0.2, -0.15) is 8.42 Å². The molecule has 0 saturated heterocycles. The van der Waals surface area contributed by atoms with Gasteiger partial charge in [0.05, 0.1) is 6.26 Å². The van der Waals surface area contributed by atoms with Crippen LogP contribution < -0.4 is 0 Å². The lowest BCUT2D eigenvalue weighted by Crippen LogP contribution is -2.02. The first-order chi connectivity index (χ1) is 9.17. The van der Waals surface area contributed by atoms with Gasteiger partial charge in [0.15, 0.2) is 0 Å². The molecule has 0 N–H and O–H groups in total. The third-order valence-electron chi connectivity index (χ3n) is 2.07. The minimum atomic E-state index is -3.45. The summed E-state index contributed by atoms with van der Waals surface area (Å²) in [5, 5.41) is 0. The highest BCUT2D eigenvalue weighted by Gasteiger charge is 2.04. The van der Waals surface area contributed by atoms with Crippen molar-refractivity contribution in [2.24, 2.45) is 5.41 Å². The van der Waals surface area contributed by atoms with Crippen molar-refractivity contribution in [2.75, 3.05) is 12.9 Å². The molecule has 106 valence electrons. The van der Waals surface area contributed by atoms with Crippen LogP contribution in [-0.4, -0.2) is 21.3 Å². The van der Waals surface area contributed by atoms with Crippen LogP contribution in [0.25, 0.3) is 0 Å². The van der Waals surface area contributed by atoms with E-state index in [0.717, 1.165) is 17.4 Å². The molecule has 0 aromatic heterocycles. The molecule has 0 aliphatic rings. The van der Waals surface area contributed by atoms with Crippen LogP contribution >= 0.6 is 0 Å². The Balaban J connectivity index is 2.91. The van der Waals surface area contributed by atoms with Gasteiger partial charge in [0.25, 0.3) is 10.1 Å². The topological polar surface area (TPSA) is 43.4 Å². The van der Waals surface area contributed by atoms with Gasteiger partial charge >= 0.3 is 0 Å². The van der Waals surface area contributed by atoms with E-state index in [1.165, 1.54) is 0 Å². The Bertz CT molecular complexity index is 687. The Hall–Kier alpha value is -1.75. The van der Waals surface area contributed by atoms with Gasteiger partial charge in [-0.15, -0.1) is 0 Å². The SMILES string of the molecule is CC(C)(C)C#Cc1ccccc1C#CCOS(C)(=O)=O. The molecule has 1 aromatic carbocycles. The van der Waals surface area contributed by atoms with E-state index in [2.05, 4.69) is 27.9 Å². The molecule has 0 radical (unpaired) electrons. The second kappa shape index (κ2) is 6.61. The second-order valence-corrected chi connectivity index (χ2v) is 6.96. The van der Waals surface area contributed by atoms with Crippen molar-refractivity contribution in [3.63, 3.8) is 0 Å². The summed E-state index contributed by atoms with van der Waals surface area (Å²) in [7, 11) is -3.45. The van der Waals surface area contributed by atoms with Gasteiger partial charge in [0.2, 0.25) is 0 Å². The highest BCUT2D eigenvalue weighted by molar-refractivity contribution is 7.86. The molecule has 0 fully saturated rings. The predicted octanol–water partition coefficient (Wildman–Crippen LogP) is 2.41. The fourth-order valence-corrected chi connectivity index (χ4v) is 1.50. The Kier molecular flexibility index (Phi) is 5.39. The molecule has 0 atom stereocenters. The van der Waals surface area contributed by atoms with Gasteiger partial charge in [-0.3, -0.25) is 4.18 Å². The summed E-state index contributed by atoms with van der Waals surface area (Å²) >= 11 is 0. The summed E-state index contributed by atoms with van der Waals surface area (Å²) in [6.45, 7) is 5.95. The number of rotatable bonds is 2. The Morgan fingerprint density at radius 3 is 2.15 bits per heavy atom. The molecule has 1 rings (SSSR count). The molecule has 3 nitrogen and oxygen atoms in total. The first kappa shape index (κ1) is 16.3. The maximum atomic E-state index is 10.8. The zero-order valence-corrected chi connectivity index (χ0v) is 13.0. The lowest BCUT2D eigenvalue weighted by Gasteiger charge is -2.07. The Morgan fingerprint density at radius 1 is 1.10 bits per heavy atom. The Labute approximate surface area is 121 Å². The van der Waals surface area contributed by atoms with E-state index in [4.69, 9.17) is 0 Å². The second-order valence-electron chi connectivity index (χ2n) is 5.31. The van der Waals surface area contributed by atoms with Gasteiger partial charge in [-0.05, 0) is 32.9 Å². The monoisotopic (exact) mass is 290 g/mol. The average Bonchev–Trinajstić information content (AvgIpc) is 2.31. The van der Waals surface area contributed by atoms with Crippen LogP contribution in [0.5, 0.6) is 0 Å². The van der Waals surface area contributed by atoms with E-state index in [0.29, 0.717) is 0 Å². The smallest absolute Gasteiger partial charge is 0.257 e. The van der Waals surface area contributed by atoms with E-state index in [9.17, 15) is 8.42 Å². The van der Waals surface area contributed by atoms with E-state index in [1.54, 1.807) is 0 Å². The average molecular weight is 290 g/mol. The van der Waals surface area contributed by atoms with Gasteiger partial charge in [-0.25, -0.2) is 0 Å². The summed E-state index contributed by atoms with van der Waals surface area (Å²) in [4.78, 5) is 0. The molecule has 1 aromatic rings. The zero-order valence-electron chi connectivity index (χ0n) is 12.1. The summed E-state index contributed by atoms with van der Waals surface area (Å²) in [5.41, 5.74) is 1.51. The fraction of sp³-hybridized carbons (Fsp3) is 0.375. The van der Waals surface area contributed by atoms with Crippen LogP contribution in [0.2, 0.25) is 0 Å². The molecular formula is C16H18O3S. The molecule has 0 heterocycles. The van der Waals surface area contributed by atoms with E-state index in [-0.39, 0.29) is 12.0 Å². The minimum Gasteiger partial charge on any atom is -0.257 e. The van der Waals surface area contributed by atoms with Crippen LogP contribution in [0, 0.1) is 29.1 Å². The van der Waals surface area contributed by atoms with Gasteiger partial charge in [-0.1, -0.05) is 35.8 Å². The summed E-state index contributed by atoms with van der Waals surface area (Å²) in [6, 6.07) is 7.49. The Morgan fingerprint density at radius 2 is 1.65 bits per heavy atom. The molecule has 0 aliphatic heterocycles. The lowest BCUT2D eigenvalue weighted by molar-refractivity contribution is 0.368. The van der Waals surface area contributed by atoms with E-state index >= 15 is 0 Å². The maximum Gasteiger partial charge on any atom is 0.265 e. The first-order valence-corrected chi connectivity index (χ1v) is 7.94. The van der Waals surface area contributed by atoms with Crippen molar-refractivity contribution in [3.05, 3.63) is 35.4 Å². The van der Waals surface area contributed by atoms with E-state index in [1.807, 2.05) is 45.0 Å². The van der Waals surface area contributed by atoms with Crippen LogP contribution in [0.15, 0.2) is 24.3 Å². The zero-order chi connectivity index (χ0) is 15.2. The maximum absolute atomic E-state index is 10.8. The summed E-state index contributed by atoms with van der Waals surface area (Å²) in [6.07, 6.45) is 0.997. The minimum absolute atomic E-state index is 0.0834. The molecule has 20 heavy (non-hydrogen) atoms. The molecular weight excluding hydrogens is 272 g/mol. The normalized spacial score (nSPS) is 11.0. The summed E-state index contributed by atoms with van der Waals surface area (Å²) < 4.78 is 26.2. The highest BCUT2D eigenvalue weighted by atomic mass is 32.2. The third kappa shape index (κ3) is 6.99. The number of hydrogen-bond acceptors (Lipinski definition) is 3. The lowest BCUT2D eigenvalue weighted by atomic mass is 9.97. The van der Waals surface area contributed by atoms with Crippen LogP contribution in [-0.2, 0) is 14.3 Å². The van der Waals surface area contributed by atoms with Crippen molar-refractivity contribution < 1.29 is 12.6 Å². The third-order valence-corrected chi connectivity index (χ3v) is 2.61. The van der Waals surface area contributed by atoms with Crippen molar-refractivity contribution in [1.29, 1.82) is 0 Å². The van der Waals surface area contributed by atoms with Crippen molar-refractivity contribution in [3.8, 4) is 23.7 Å². The first-order valence-electron chi connectivity index (χ1n) is 6.13. The molecule has 0 amide bonds. The number of hydrogen-bond donors (Lipinski definition) is 0. The van der Waals surface area contributed by atoms with Crippen LogP contribution in [0.3, 0.4) is 0 Å². The van der Waals surface area contributed by atoms with Gasteiger partial charge in [0, 0.05) is 16.5 Å².